The normalized spacial score (nSPS) is 12.8. The Morgan fingerprint density at radius 3 is 0.874 bits per heavy atom. The van der Waals surface area contributed by atoms with E-state index >= 15 is 0 Å². The van der Waals surface area contributed by atoms with Crippen LogP contribution in [0.2, 0.25) is 0 Å². The predicted octanol–water partition coefficient (Wildman–Crippen LogP) is 24.0. The lowest BCUT2D eigenvalue weighted by molar-refractivity contribution is 0.568. The van der Waals surface area contributed by atoms with Gasteiger partial charge in [-0.3, -0.25) is 0 Å². The second kappa shape index (κ2) is 23.6. The van der Waals surface area contributed by atoms with Crippen molar-refractivity contribution in [2.45, 2.75) is 105 Å². The molecule has 4 nitrogen and oxygen atoms in total. The Hall–Kier alpha value is -11.4. The fourth-order valence-corrected chi connectivity index (χ4v) is 16.5. The van der Waals surface area contributed by atoms with Crippen LogP contribution < -0.4 is 16.4 Å². The van der Waals surface area contributed by atoms with Gasteiger partial charge in [-0.1, -0.05) is 289 Å². The van der Waals surface area contributed by atoms with E-state index in [1.165, 1.54) is 116 Å². The molecule has 16 aromatic rings. The van der Waals surface area contributed by atoms with E-state index in [0.29, 0.717) is 5.82 Å². The molecule has 0 unspecified atom stereocenters. The second-order valence-electron chi connectivity index (χ2n) is 33.0. The van der Waals surface area contributed by atoms with Crippen molar-refractivity contribution in [2.24, 2.45) is 0 Å². The Morgan fingerprint density at radius 2 is 0.563 bits per heavy atom. The Morgan fingerprint density at radius 1 is 0.262 bits per heavy atom. The lowest BCUT2D eigenvalue weighted by atomic mass is 9.34. The average molecular weight is 1330 g/mol. The van der Waals surface area contributed by atoms with Crippen LogP contribution in [0, 0.1) is 0 Å². The number of benzene rings is 13. The Kier molecular flexibility index (Phi) is 14.6. The summed E-state index contributed by atoms with van der Waals surface area (Å²) in [6, 6.07) is 108. The molecule has 103 heavy (non-hydrogen) atoms. The van der Waals surface area contributed by atoms with E-state index in [1.807, 2.05) is 0 Å². The maximum atomic E-state index is 6.01. The predicted molar refractivity (Wildman–Crippen MR) is 439 cm³/mol. The van der Waals surface area contributed by atoms with E-state index in [9.17, 15) is 0 Å². The van der Waals surface area contributed by atoms with Gasteiger partial charge in [0.2, 0.25) is 0 Å². The lowest BCUT2D eigenvalue weighted by Gasteiger charge is -2.34. The molecule has 0 bridgehead atoms. The van der Waals surface area contributed by atoms with Crippen LogP contribution >= 0.6 is 0 Å². The van der Waals surface area contributed by atoms with E-state index in [-0.39, 0.29) is 28.4 Å². The van der Waals surface area contributed by atoms with Gasteiger partial charge in [0, 0.05) is 60.6 Å². The summed E-state index contributed by atoms with van der Waals surface area (Å²) in [7, 11) is 0. The topological polar surface area (TPSA) is 35.6 Å². The molecule has 0 saturated heterocycles. The van der Waals surface area contributed by atoms with Gasteiger partial charge in [-0.05, 0) is 206 Å². The largest absolute Gasteiger partial charge is 0.310 e. The molecule has 2 aliphatic heterocycles. The van der Waals surface area contributed by atoms with Gasteiger partial charge in [-0.25, -0.2) is 9.97 Å². The van der Waals surface area contributed by atoms with Crippen LogP contribution in [-0.4, -0.2) is 25.8 Å². The van der Waals surface area contributed by atoms with Crippen molar-refractivity contribution in [3.63, 3.8) is 0 Å². The fraction of sp³-hybridized carbons (Fsp3) is 0.163. The molecule has 0 fully saturated rings. The Bertz CT molecular complexity index is 5660. The summed E-state index contributed by atoms with van der Waals surface area (Å²) in [4.78, 5) is 12.0. The van der Waals surface area contributed by atoms with Crippen LogP contribution in [-0.2, 0) is 21.7 Å². The summed E-state index contributed by atoms with van der Waals surface area (Å²) in [6.07, 6.45) is 0. The molecule has 2 aliphatic rings. The first-order chi connectivity index (χ1) is 49.6. The van der Waals surface area contributed by atoms with Crippen molar-refractivity contribution in [1.29, 1.82) is 0 Å². The van der Waals surface area contributed by atoms with Crippen molar-refractivity contribution in [3.05, 3.63) is 307 Å². The maximum Gasteiger partial charge on any atom is 0.252 e. The first-order valence-corrected chi connectivity index (χ1v) is 36.6. The lowest BCUT2D eigenvalue weighted by Crippen LogP contribution is -2.59. The van der Waals surface area contributed by atoms with E-state index in [1.54, 1.807) is 0 Å². The van der Waals surface area contributed by atoms with E-state index in [2.05, 4.69) is 377 Å². The molecule has 0 atom stereocenters. The monoisotopic (exact) mass is 1330 g/mol. The van der Waals surface area contributed by atoms with Gasteiger partial charge in [0.25, 0.3) is 6.71 Å². The molecular formula is C98H83BN4. The molecule has 5 heterocycles. The molecule has 5 heteroatoms. The van der Waals surface area contributed by atoms with Gasteiger partial charge in [0.15, 0.2) is 5.82 Å². The minimum atomic E-state index is -0.234. The van der Waals surface area contributed by atoms with Gasteiger partial charge in [-0.2, -0.15) is 0 Å². The minimum absolute atomic E-state index is 0.136. The molecule has 0 radical (unpaired) electrons. The zero-order chi connectivity index (χ0) is 70.6. The van der Waals surface area contributed by atoms with Gasteiger partial charge in [0.1, 0.15) is 0 Å². The molecule has 3 aromatic heterocycles. The third kappa shape index (κ3) is 10.8. The van der Waals surface area contributed by atoms with Crippen molar-refractivity contribution in [2.75, 3.05) is 0 Å². The number of hydrogen-bond donors (Lipinski definition) is 0. The second-order valence-corrected chi connectivity index (χ2v) is 33.0. The van der Waals surface area contributed by atoms with Gasteiger partial charge in [0.05, 0.1) is 22.4 Å². The molecule has 0 spiro atoms. The van der Waals surface area contributed by atoms with Crippen molar-refractivity contribution >= 4 is 66.7 Å². The molecule has 0 aliphatic carbocycles. The van der Waals surface area contributed by atoms with Crippen molar-refractivity contribution < 1.29 is 0 Å². The first kappa shape index (κ1) is 63.8. The number of fused-ring (bicyclic) bond motifs is 10. The van der Waals surface area contributed by atoms with Crippen molar-refractivity contribution in [3.8, 4) is 112 Å². The summed E-state index contributed by atoms with van der Waals surface area (Å²) in [6.45, 7) is 27.7. The Balaban J connectivity index is 1.05. The van der Waals surface area contributed by atoms with Crippen LogP contribution in [0.3, 0.4) is 0 Å². The van der Waals surface area contributed by atoms with E-state index in [0.717, 1.165) is 72.7 Å². The van der Waals surface area contributed by atoms with Gasteiger partial charge in [-0.15, -0.1) is 0 Å². The van der Waals surface area contributed by atoms with Crippen molar-refractivity contribution in [1.82, 2.24) is 19.1 Å². The summed E-state index contributed by atoms with van der Waals surface area (Å²) < 4.78 is 5.34. The molecule has 0 amide bonds. The smallest absolute Gasteiger partial charge is 0.252 e. The highest BCUT2D eigenvalue weighted by Gasteiger charge is 2.43. The summed E-state index contributed by atoms with van der Waals surface area (Å²) in [5, 5.41) is 4.86. The third-order valence-electron chi connectivity index (χ3n) is 22.0. The third-order valence-corrected chi connectivity index (χ3v) is 22.0. The molecule has 18 rings (SSSR count). The first-order valence-electron chi connectivity index (χ1n) is 36.6. The average Bonchev–Trinajstić information content (AvgIpc) is 1.53. The molecule has 498 valence electrons. The molecular weight excluding hydrogens is 1240 g/mol. The van der Waals surface area contributed by atoms with Crippen LogP contribution in [0.1, 0.15) is 105 Å². The number of rotatable bonds is 9. The summed E-state index contributed by atoms with van der Waals surface area (Å²) in [5.41, 5.74) is 34.2. The van der Waals surface area contributed by atoms with Crippen LogP contribution in [0.15, 0.2) is 285 Å². The van der Waals surface area contributed by atoms with Gasteiger partial charge >= 0.3 is 0 Å². The summed E-state index contributed by atoms with van der Waals surface area (Å²) >= 11 is 0. The zero-order valence-corrected chi connectivity index (χ0v) is 61.0. The standard InChI is InChI=1S/C98H83BN4/c1-95(2,3)73-43-70(44-74(57-73)96(4,5)6)83-59-84(71-45-75(97(7,8)9)58-76(46-71)98(10,11)12)101-94(100-83)72-55-87-91-88(56-72)103-86-54-69(63-37-25-16-26-38-63)48-78(65-41-29-18-30-42-65)90(86)80-50-67(61-33-21-14-22-34-61)52-82(93(80)103)99(91)81-51-66(60-31-19-13-20-32-60)49-79-89-77(64-39-27-17-28-40-64)47-68(62-35-23-15-24-36-62)53-85(89)102(87)92(79)81/h13-59H,1-12H3. The Labute approximate surface area is 606 Å². The molecule has 0 saturated carbocycles. The highest BCUT2D eigenvalue weighted by Crippen LogP contribution is 2.49. The zero-order valence-electron chi connectivity index (χ0n) is 61.0. The highest BCUT2D eigenvalue weighted by atomic mass is 15.0. The molecule has 0 N–H and O–H groups in total. The fourth-order valence-electron chi connectivity index (χ4n) is 16.5. The van der Waals surface area contributed by atoms with Gasteiger partial charge < -0.3 is 9.13 Å². The summed E-state index contributed by atoms with van der Waals surface area (Å²) in [5.74, 6) is 0.667. The van der Waals surface area contributed by atoms with E-state index in [4.69, 9.17) is 9.97 Å². The quantitative estimate of drug-likeness (QED) is 0.135. The highest BCUT2D eigenvalue weighted by molar-refractivity contribution is 7.00. The minimum Gasteiger partial charge on any atom is -0.310 e. The van der Waals surface area contributed by atoms with Crippen LogP contribution in [0.5, 0.6) is 0 Å². The maximum absolute atomic E-state index is 6.01. The number of nitrogens with zero attached hydrogens (tertiary/aromatic N) is 4. The van der Waals surface area contributed by atoms with Crippen LogP contribution in [0.4, 0.5) is 0 Å². The number of aromatic nitrogens is 4. The number of hydrogen-bond acceptors (Lipinski definition) is 2. The SMILES string of the molecule is CC(C)(C)c1cc(-c2cc(-c3cc(C(C)(C)C)cc(C(C)(C)C)c3)nc(-c3cc4c5c(c3)-n3c6cc(-c7ccccc7)cc(-c7ccccc7)c6c6cc(-c7ccccc7)cc(c63)B5c3cc(-c5ccccc5)cc5c6c(-c7ccccc7)cc(-c7ccccc7)cc6n-4c35)n2)cc(C(C)(C)C)c1. The van der Waals surface area contributed by atoms with Crippen LogP contribution in [0.25, 0.3) is 156 Å². The van der Waals surface area contributed by atoms with E-state index < -0.39 is 0 Å². The molecule has 13 aromatic carbocycles.